The van der Waals surface area contributed by atoms with E-state index in [1.807, 2.05) is 51.1 Å². The number of likely N-dealkylation sites (tertiary alicyclic amines) is 1. The van der Waals surface area contributed by atoms with Crippen LogP contribution in [0.15, 0.2) is 30.3 Å². The van der Waals surface area contributed by atoms with Crippen molar-refractivity contribution in [3.63, 3.8) is 0 Å². The highest BCUT2D eigenvalue weighted by molar-refractivity contribution is 5.68. The van der Waals surface area contributed by atoms with Crippen molar-refractivity contribution in [1.29, 1.82) is 0 Å². The molecule has 0 bridgehead atoms. The fourth-order valence-electron chi connectivity index (χ4n) is 2.27. The fourth-order valence-corrected chi connectivity index (χ4v) is 2.27. The second-order valence-electron chi connectivity index (χ2n) is 6.43. The lowest BCUT2D eigenvalue weighted by Crippen LogP contribution is -2.36. The van der Waals surface area contributed by atoms with Crippen LogP contribution in [-0.2, 0) is 4.74 Å². The number of nitrogens with zero attached hydrogens (tertiary/aromatic N) is 1. The van der Waals surface area contributed by atoms with Gasteiger partial charge in [0.2, 0.25) is 0 Å². The maximum absolute atomic E-state index is 12.0. The molecule has 1 aromatic rings. The van der Waals surface area contributed by atoms with Gasteiger partial charge in [0.15, 0.2) is 0 Å². The molecule has 1 aromatic carbocycles. The summed E-state index contributed by atoms with van der Waals surface area (Å²) in [6, 6.07) is 9.53. The van der Waals surface area contributed by atoms with Gasteiger partial charge in [0.05, 0.1) is 6.61 Å². The number of ether oxygens (including phenoxy) is 2. The van der Waals surface area contributed by atoms with Gasteiger partial charge >= 0.3 is 6.09 Å². The minimum absolute atomic E-state index is 0.0822. The number of hydrogen-bond acceptors (Lipinski definition) is 4. The van der Waals surface area contributed by atoms with Crippen LogP contribution in [-0.4, -0.2) is 42.3 Å². The van der Waals surface area contributed by atoms with Crippen molar-refractivity contribution in [3.05, 3.63) is 30.3 Å². The summed E-state index contributed by atoms with van der Waals surface area (Å²) in [4.78, 5) is 13.7. The summed E-state index contributed by atoms with van der Waals surface area (Å²) in [7, 11) is 0. The molecule has 0 aromatic heterocycles. The van der Waals surface area contributed by atoms with Gasteiger partial charge in [-0.25, -0.2) is 4.79 Å². The summed E-state index contributed by atoms with van der Waals surface area (Å²) in [6.45, 7) is 7.16. The predicted octanol–water partition coefficient (Wildman–Crippen LogP) is 2.26. The van der Waals surface area contributed by atoms with Gasteiger partial charge in [-0.3, -0.25) is 0 Å². The molecule has 1 heterocycles. The van der Waals surface area contributed by atoms with E-state index in [1.165, 1.54) is 0 Å². The number of para-hydroxylation sites is 1. The fraction of sp³-hybridized carbons (Fsp3) is 0.562. The lowest BCUT2D eigenvalue weighted by Gasteiger charge is -2.24. The molecule has 2 unspecified atom stereocenters. The molecule has 0 spiro atoms. The number of rotatable bonds is 3. The Hall–Kier alpha value is -1.75. The Labute approximate surface area is 126 Å². The third-order valence-electron chi connectivity index (χ3n) is 3.35. The first-order valence-electron chi connectivity index (χ1n) is 7.26. The molecule has 0 aliphatic carbocycles. The Morgan fingerprint density at radius 1 is 1.29 bits per heavy atom. The zero-order valence-electron chi connectivity index (χ0n) is 12.9. The first-order valence-corrected chi connectivity index (χ1v) is 7.26. The lowest BCUT2D eigenvalue weighted by molar-refractivity contribution is 0.0283. The molecule has 2 N–H and O–H groups in total. The van der Waals surface area contributed by atoms with Crippen molar-refractivity contribution in [2.24, 2.45) is 11.7 Å². The molecular formula is C16H24N2O3. The van der Waals surface area contributed by atoms with Crippen LogP contribution < -0.4 is 10.5 Å². The van der Waals surface area contributed by atoms with Crippen LogP contribution in [0, 0.1) is 5.92 Å². The zero-order valence-corrected chi connectivity index (χ0v) is 12.9. The molecule has 2 rings (SSSR count). The molecule has 116 valence electrons. The number of carbonyl (C=O) groups is 1. The van der Waals surface area contributed by atoms with Crippen molar-refractivity contribution in [2.45, 2.75) is 32.4 Å². The van der Waals surface area contributed by atoms with E-state index in [0.717, 1.165) is 5.75 Å². The molecule has 5 heteroatoms. The smallest absolute Gasteiger partial charge is 0.410 e. The minimum Gasteiger partial charge on any atom is -0.493 e. The number of carbonyl (C=O) groups excluding carboxylic acids is 1. The van der Waals surface area contributed by atoms with Gasteiger partial charge in [-0.15, -0.1) is 0 Å². The van der Waals surface area contributed by atoms with Gasteiger partial charge < -0.3 is 20.1 Å². The molecule has 1 fully saturated rings. The molecule has 1 aliphatic heterocycles. The van der Waals surface area contributed by atoms with Gasteiger partial charge in [0.25, 0.3) is 0 Å². The zero-order chi connectivity index (χ0) is 15.5. The van der Waals surface area contributed by atoms with Crippen LogP contribution in [0.2, 0.25) is 0 Å². The van der Waals surface area contributed by atoms with Crippen LogP contribution in [0.4, 0.5) is 4.79 Å². The summed E-state index contributed by atoms with van der Waals surface area (Å²) in [6.07, 6.45) is -0.305. The Balaban J connectivity index is 1.85. The lowest BCUT2D eigenvalue weighted by atomic mass is 10.1. The Morgan fingerprint density at radius 3 is 2.57 bits per heavy atom. The van der Waals surface area contributed by atoms with Gasteiger partial charge in [-0.2, -0.15) is 0 Å². The second kappa shape index (κ2) is 6.35. The van der Waals surface area contributed by atoms with E-state index in [0.29, 0.717) is 19.7 Å². The molecule has 1 saturated heterocycles. The van der Waals surface area contributed by atoms with Crippen molar-refractivity contribution < 1.29 is 14.3 Å². The molecule has 21 heavy (non-hydrogen) atoms. The van der Waals surface area contributed by atoms with E-state index in [4.69, 9.17) is 15.2 Å². The SMILES string of the molecule is CC(C)(C)OC(=O)N1CC(N)C(COc2ccccc2)C1. The van der Waals surface area contributed by atoms with Crippen molar-refractivity contribution >= 4 is 6.09 Å². The molecule has 5 nitrogen and oxygen atoms in total. The summed E-state index contributed by atoms with van der Waals surface area (Å²) in [5.74, 6) is 0.943. The maximum atomic E-state index is 12.0. The van der Waals surface area contributed by atoms with E-state index in [-0.39, 0.29) is 18.1 Å². The third-order valence-corrected chi connectivity index (χ3v) is 3.35. The molecule has 1 aliphatic rings. The second-order valence-corrected chi connectivity index (χ2v) is 6.43. The van der Waals surface area contributed by atoms with Crippen LogP contribution in [0.3, 0.4) is 0 Å². The number of amides is 1. The molecule has 2 atom stereocenters. The van der Waals surface area contributed by atoms with E-state index < -0.39 is 5.60 Å². The topological polar surface area (TPSA) is 64.8 Å². The average molecular weight is 292 g/mol. The first-order chi connectivity index (χ1) is 9.85. The first kappa shape index (κ1) is 15.6. The Bertz CT molecular complexity index is 470. The molecule has 0 radical (unpaired) electrons. The monoisotopic (exact) mass is 292 g/mol. The highest BCUT2D eigenvalue weighted by Gasteiger charge is 2.35. The molecule has 0 saturated carbocycles. The number of benzene rings is 1. The summed E-state index contributed by atoms with van der Waals surface area (Å²) in [5.41, 5.74) is 5.62. The maximum Gasteiger partial charge on any atom is 0.410 e. The van der Waals surface area contributed by atoms with Crippen LogP contribution >= 0.6 is 0 Å². The van der Waals surface area contributed by atoms with E-state index in [9.17, 15) is 4.79 Å². The van der Waals surface area contributed by atoms with Crippen LogP contribution in [0.25, 0.3) is 0 Å². The quantitative estimate of drug-likeness (QED) is 0.928. The van der Waals surface area contributed by atoms with Gasteiger partial charge in [0, 0.05) is 25.0 Å². The summed E-state index contributed by atoms with van der Waals surface area (Å²) < 4.78 is 11.1. The largest absolute Gasteiger partial charge is 0.493 e. The van der Waals surface area contributed by atoms with Crippen molar-refractivity contribution in [3.8, 4) is 5.75 Å². The summed E-state index contributed by atoms with van der Waals surface area (Å²) in [5, 5.41) is 0. The van der Waals surface area contributed by atoms with Gasteiger partial charge in [-0.05, 0) is 32.9 Å². The highest BCUT2D eigenvalue weighted by Crippen LogP contribution is 2.20. The minimum atomic E-state index is -0.486. The van der Waals surface area contributed by atoms with Crippen LogP contribution in [0.1, 0.15) is 20.8 Å². The predicted molar refractivity (Wildman–Crippen MR) is 81.2 cm³/mol. The van der Waals surface area contributed by atoms with Gasteiger partial charge in [0.1, 0.15) is 11.4 Å². The Kier molecular flexibility index (Phi) is 4.73. The molecular weight excluding hydrogens is 268 g/mol. The van der Waals surface area contributed by atoms with Crippen molar-refractivity contribution in [2.75, 3.05) is 19.7 Å². The van der Waals surface area contributed by atoms with E-state index >= 15 is 0 Å². The van der Waals surface area contributed by atoms with E-state index in [1.54, 1.807) is 4.90 Å². The summed E-state index contributed by atoms with van der Waals surface area (Å²) >= 11 is 0. The van der Waals surface area contributed by atoms with Gasteiger partial charge in [-0.1, -0.05) is 18.2 Å². The van der Waals surface area contributed by atoms with Crippen molar-refractivity contribution in [1.82, 2.24) is 4.90 Å². The third kappa shape index (κ3) is 4.63. The van der Waals surface area contributed by atoms with Crippen LogP contribution in [0.5, 0.6) is 5.75 Å². The van der Waals surface area contributed by atoms with E-state index in [2.05, 4.69) is 0 Å². The standard InChI is InChI=1S/C16H24N2O3/c1-16(2,3)21-15(19)18-9-12(14(17)10-18)11-20-13-7-5-4-6-8-13/h4-8,12,14H,9-11,17H2,1-3H3. The number of hydrogen-bond donors (Lipinski definition) is 1. The average Bonchev–Trinajstić information content (AvgIpc) is 2.77. The number of nitrogens with two attached hydrogens (primary N) is 1. The Morgan fingerprint density at radius 2 is 1.95 bits per heavy atom. The highest BCUT2D eigenvalue weighted by atomic mass is 16.6. The normalized spacial score (nSPS) is 22.2. The molecule has 1 amide bonds.